The molecule has 26 heavy (non-hydrogen) atoms. The van der Waals surface area contributed by atoms with Gasteiger partial charge in [-0.1, -0.05) is 17.7 Å². The number of aromatic nitrogens is 1. The van der Waals surface area contributed by atoms with Gasteiger partial charge < -0.3 is 10.6 Å². The third-order valence-corrected chi connectivity index (χ3v) is 3.83. The van der Waals surface area contributed by atoms with Crippen LogP contribution in [-0.4, -0.2) is 10.9 Å². The van der Waals surface area contributed by atoms with Gasteiger partial charge in [-0.2, -0.15) is 0 Å². The fourth-order valence-corrected chi connectivity index (χ4v) is 2.48. The lowest BCUT2D eigenvalue weighted by molar-refractivity contribution is 0.102. The maximum Gasteiger partial charge on any atom is 0.274 e. The summed E-state index contributed by atoms with van der Waals surface area (Å²) in [5, 5.41) is 5.73. The second kappa shape index (κ2) is 7.31. The Labute approximate surface area is 149 Å². The van der Waals surface area contributed by atoms with Crippen LogP contribution < -0.4 is 10.6 Å². The first kappa shape index (κ1) is 17.5. The predicted molar refractivity (Wildman–Crippen MR) is 97.7 cm³/mol. The van der Waals surface area contributed by atoms with E-state index in [1.54, 1.807) is 12.1 Å². The Hall–Kier alpha value is -3.28. The third kappa shape index (κ3) is 4.03. The average molecular weight is 353 g/mol. The molecular weight excluding hydrogens is 336 g/mol. The van der Waals surface area contributed by atoms with Crippen molar-refractivity contribution in [3.05, 3.63) is 83.2 Å². The van der Waals surface area contributed by atoms with Crippen LogP contribution >= 0.6 is 0 Å². The van der Waals surface area contributed by atoms with Crippen LogP contribution in [0.25, 0.3) is 0 Å². The van der Waals surface area contributed by atoms with Gasteiger partial charge in [0, 0.05) is 17.4 Å². The molecule has 3 rings (SSSR count). The van der Waals surface area contributed by atoms with Crippen LogP contribution in [0, 0.1) is 25.5 Å². The van der Waals surface area contributed by atoms with Gasteiger partial charge in [-0.05, 0) is 49.7 Å². The van der Waals surface area contributed by atoms with E-state index in [0.717, 1.165) is 28.9 Å². The summed E-state index contributed by atoms with van der Waals surface area (Å²) in [6.45, 7) is 3.91. The Morgan fingerprint density at radius 2 is 1.69 bits per heavy atom. The van der Waals surface area contributed by atoms with Crippen LogP contribution in [0.5, 0.6) is 0 Å². The predicted octanol–water partition coefficient (Wildman–Crippen LogP) is 4.97. The Bertz CT molecular complexity index is 956. The van der Waals surface area contributed by atoms with E-state index in [9.17, 15) is 13.6 Å². The molecule has 0 saturated heterocycles. The van der Waals surface area contributed by atoms with Gasteiger partial charge in [0.15, 0.2) is 11.6 Å². The number of nitrogens with one attached hydrogen (secondary N) is 2. The summed E-state index contributed by atoms with van der Waals surface area (Å²) in [7, 11) is 0. The summed E-state index contributed by atoms with van der Waals surface area (Å²) in [6, 6.07) is 12.5. The number of amides is 1. The van der Waals surface area contributed by atoms with Crippen molar-refractivity contribution in [2.45, 2.75) is 13.8 Å². The molecule has 0 saturated carbocycles. The Kier molecular flexibility index (Phi) is 4.93. The minimum absolute atomic E-state index is 0.251. The number of carbonyl (C=O) groups excluding carboxylic acids is 1. The highest BCUT2D eigenvalue weighted by Crippen LogP contribution is 2.20. The van der Waals surface area contributed by atoms with E-state index in [2.05, 4.69) is 15.6 Å². The second-order valence-electron chi connectivity index (χ2n) is 5.96. The van der Waals surface area contributed by atoms with Crippen LogP contribution in [-0.2, 0) is 0 Å². The van der Waals surface area contributed by atoms with E-state index in [0.29, 0.717) is 11.4 Å². The molecule has 0 aliphatic heterocycles. The molecule has 0 unspecified atom stereocenters. The first-order chi connectivity index (χ1) is 12.4. The number of carbonyl (C=O) groups is 1. The normalized spacial score (nSPS) is 10.5. The van der Waals surface area contributed by atoms with Gasteiger partial charge in [0.1, 0.15) is 5.69 Å². The first-order valence-corrected chi connectivity index (χ1v) is 7.99. The van der Waals surface area contributed by atoms with Gasteiger partial charge in [-0.15, -0.1) is 0 Å². The summed E-state index contributed by atoms with van der Waals surface area (Å²) in [5.41, 5.74) is 4.01. The van der Waals surface area contributed by atoms with Gasteiger partial charge >= 0.3 is 0 Å². The summed E-state index contributed by atoms with van der Waals surface area (Å²) < 4.78 is 26.2. The van der Waals surface area contributed by atoms with E-state index in [4.69, 9.17) is 0 Å². The zero-order valence-electron chi connectivity index (χ0n) is 14.3. The van der Waals surface area contributed by atoms with Crippen molar-refractivity contribution < 1.29 is 13.6 Å². The Morgan fingerprint density at radius 3 is 2.35 bits per heavy atom. The molecule has 0 atom stereocenters. The van der Waals surface area contributed by atoms with Crippen LogP contribution in [0.1, 0.15) is 21.6 Å². The quantitative estimate of drug-likeness (QED) is 0.696. The maximum atomic E-state index is 13.2. The van der Waals surface area contributed by atoms with Crippen molar-refractivity contribution in [1.29, 1.82) is 0 Å². The van der Waals surface area contributed by atoms with Crippen molar-refractivity contribution in [3.63, 3.8) is 0 Å². The lowest BCUT2D eigenvalue weighted by Crippen LogP contribution is -2.14. The monoisotopic (exact) mass is 353 g/mol. The summed E-state index contributed by atoms with van der Waals surface area (Å²) >= 11 is 0. The molecule has 3 aromatic rings. The molecule has 0 spiro atoms. The maximum absolute atomic E-state index is 13.2. The zero-order chi connectivity index (χ0) is 18.7. The molecule has 0 fully saturated rings. The Morgan fingerprint density at radius 1 is 0.923 bits per heavy atom. The van der Waals surface area contributed by atoms with Crippen molar-refractivity contribution in [2.75, 3.05) is 10.6 Å². The minimum Gasteiger partial charge on any atom is -0.354 e. The van der Waals surface area contributed by atoms with Gasteiger partial charge in [-0.3, -0.25) is 4.79 Å². The van der Waals surface area contributed by atoms with Gasteiger partial charge in [0.2, 0.25) is 0 Å². The molecular formula is C20H17F2N3O. The molecule has 2 aromatic carbocycles. The molecule has 6 heteroatoms. The van der Waals surface area contributed by atoms with Crippen LogP contribution in [0.2, 0.25) is 0 Å². The lowest BCUT2D eigenvalue weighted by Gasteiger charge is -2.10. The summed E-state index contributed by atoms with van der Waals surface area (Å²) in [4.78, 5) is 16.4. The van der Waals surface area contributed by atoms with E-state index in [-0.39, 0.29) is 11.6 Å². The van der Waals surface area contributed by atoms with Crippen molar-refractivity contribution in [2.24, 2.45) is 0 Å². The topological polar surface area (TPSA) is 54.0 Å². The summed E-state index contributed by atoms with van der Waals surface area (Å²) in [5.74, 6) is -2.17. The molecule has 4 nitrogen and oxygen atoms in total. The molecule has 0 aliphatic carbocycles. The number of hydrogen-bond acceptors (Lipinski definition) is 3. The molecule has 1 amide bonds. The molecule has 0 radical (unpaired) electrons. The van der Waals surface area contributed by atoms with Gasteiger partial charge in [-0.25, -0.2) is 13.8 Å². The van der Waals surface area contributed by atoms with Crippen molar-refractivity contribution >= 4 is 23.0 Å². The number of aryl methyl sites for hydroxylation is 2. The largest absolute Gasteiger partial charge is 0.354 e. The number of anilines is 3. The molecule has 0 aliphatic rings. The van der Waals surface area contributed by atoms with Crippen LogP contribution in [0.15, 0.2) is 54.7 Å². The number of pyridine rings is 1. The highest BCUT2D eigenvalue weighted by Gasteiger charge is 2.10. The SMILES string of the molecule is Cc1ccc(NC(=O)c2ccc(Nc3ccc(F)c(F)c3)cn2)c(C)c1. The van der Waals surface area contributed by atoms with Crippen molar-refractivity contribution in [3.8, 4) is 0 Å². The number of rotatable bonds is 4. The fraction of sp³-hybridized carbons (Fsp3) is 0.100. The number of nitrogens with zero attached hydrogens (tertiary/aromatic N) is 1. The van der Waals surface area contributed by atoms with Crippen molar-refractivity contribution in [1.82, 2.24) is 4.98 Å². The number of halogens is 2. The number of benzene rings is 2. The average Bonchev–Trinajstić information content (AvgIpc) is 2.61. The highest BCUT2D eigenvalue weighted by atomic mass is 19.2. The number of hydrogen-bond donors (Lipinski definition) is 2. The fourth-order valence-electron chi connectivity index (χ4n) is 2.48. The minimum atomic E-state index is -0.938. The Balaban J connectivity index is 1.70. The molecule has 0 bridgehead atoms. The van der Waals surface area contributed by atoms with Crippen LogP contribution in [0.3, 0.4) is 0 Å². The molecule has 1 heterocycles. The highest BCUT2D eigenvalue weighted by molar-refractivity contribution is 6.03. The summed E-state index contributed by atoms with van der Waals surface area (Å²) in [6.07, 6.45) is 1.46. The van der Waals surface area contributed by atoms with E-state index >= 15 is 0 Å². The second-order valence-corrected chi connectivity index (χ2v) is 5.96. The lowest BCUT2D eigenvalue weighted by atomic mass is 10.1. The molecule has 2 N–H and O–H groups in total. The first-order valence-electron chi connectivity index (χ1n) is 7.99. The standard InChI is InChI=1S/C20H17F2N3O/c1-12-3-7-18(13(2)9-12)25-20(26)19-8-5-15(11-23-19)24-14-4-6-16(21)17(22)10-14/h3-11,24H,1-2H3,(H,25,26). The zero-order valence-corrected chi connectivity index (χ0v) is 14.3. The third-order valence-electron chi connectivity index (χ3n) is 3.83. The van der Waals surface area contributed by atoms with Gasteiger partial charge in [0.05, 0.1) is 11.9 Å². The van der Waals surface area contributed by atoms with E-state index in [1.165, 1.54) is 12.3 Å². The molecule has 1 aromatic heterocycles. The van der Waals surface area contributed by atoms with Crippen LogP contribution in [0.4, 0.5) is 25.8 Å². The van der Waals surface area contributed by atoms with E-state index < -0.39 is 11.6 Å². The van der Waals surface area contributed by atoms with E-state index in [1.807, 2.05) is 32.0 Å². The smallest absolute Gasteiger partial charge is 0.274 e. The van der Waals surface area contributed by atoms with Gasteiger partial charge in [0.25, 0.3) is 5.91 Å². The molecule has 132 valence electrons.